The Morgan fingerprint density at radius 2 is 1.68 bits per heavy atom. The molecule has 1 aliphatic carbocycles. The summed E-state index contributed by atoms with van der Waals surface area (Å²) in [6, 6.07) is 14.2. The normalized spacial score (nSPS) is 19.2. The molecule has 1 saturated heterocycles. The number of aldehydes is 1. The molecule has 0 aromatic heterocycles. The van der Waals surface area contributed by atoms with E-state index in [0.29, 0.717) is 23.6 Å². The third-order valence-corrected chi connectivity index (χ3v) is 7.03. The van der Waals surface area contributed by atoms with E-state index in [1.807, 2.05) is 0 Å². The molecule has 2 fully saturated rings. The van der Waals surface area contributed by atoms with Crippen molar-refractivity contribution in [2.45, 2.75) is 51.0 Å². The number of carbonyl (C=O) groups excluding carboxylic acids is 1. The molecule has 0 bridgehead atoms. The molecule has 2 aromatic rings. The molecule has 164 valence electrons. The van der Waals surface area contributed by atoms with Gasteiger partial charge in [-0.05, 0) is 48.9 Å². The lowest BCUT2D eigenvalue weighted by molar-refractivity contribution is -0.384. The van der Waals surface area contributed by atoms with E-state index in [2.05, 4.69) is 41.0 Å². The number of nitrogens with zero attached hydrogens (tertiary/aromatic N) is 3. The first-order valence-corrected chi connectivity index (χ1v) is 11.4. The summed E-state index contributed by atoms with van der Waals surface area (Å²) >= 11 is 0. The van der Waals surface area contributed by atoms with E-state index >= 15 is 0 Å². The number of rotatable bonds is 6. The van der Waals surface area contributed by atoms with Crippen LogP contribution in [0, 0.1) is 10.1 Å². The fourth-order valence-electron chi connectivity index (χ4n) is 5.07. The predicted octanol–water partition coefficient (Wildman–Crippen LogP) is 5.34. The number of anilines is 1. The Morgan fingerprint density at radius 1 is 1.00 bits per heavy atom. The maximum atomic E-state index is 11.5. The first-order valence-electron chi connectivity index (χ1n) is 11.4. The van der Waals surface area contributed by atoms with Crippen molar-refractivity contribution in [1.82, 2.24) is 4.90 Å². The van der Waals surface area contributed by atoms with Crippen molar-refractivity contribution in [2.24, 2.45) is 0 Å². The smallest absolute Gasteiger partial charge is 0.293 e. The molecule has 1 atom stereocenters. The number of hydrogen-bond acceptors (Lipinski definition) is 5. The maximum Gasteiger partial charge on any atom is 0.293 e. The van der Waals surface area contributed by atoms with Crippen LogP contribution in [-0.2, 0) is 0 Å². The van der Waals surface area contributed by atoms with Crippen molar-refractivity contribution < 1.29 is 9.72 Å². The molecular weight excluding hydrogens is 390 g/mol. The van der Waals surface area contributed by atoms with E-state index in [4.69, 9.17) is 0 Å². The molecule has 0 spiro atoms. The lowest BCUT2D eigenvalue weighted by Crippen LogP contribution is -2.47. The van der Waals surface area contributed by atoms with Crippen LogP contribution in [0.25, 0.3) is 0 Å². The summed E-state index contributed by atoms with van der Waals surface area (Å²) in [5.41, 5.74) is 3.74. The Kier molecular flexibility index (Phi) is 6.66. The summed E-state index contributed by atoms with van der Waals surface area (Å²) in [5, 5.41) is 11.5. The van der Waals surface area contributed by atoms with Crippen molar-refractivity contribution in [2.75, 3.05) is 31.1 Å². The van der Waals surface area contributed by atoms with E-state index < -0.39 is 4.92 Å². The Morgan fingerprint density at radius 3 is 2.29 bits per heavy atom. The van der Waals surface area contributed by atoms with Crippen LogP contribution in [0.2, 0.25) is 0 Å². The molecule has 1 saturated carbocycles. The number of nitro groups is 1. The van der Waals surface area contributed by atoms with Gasteiger partial charge in [-0.2, -0.15) is 0 Å². The first-order chi connectivity index (χ1) is 15.1. The second-order valence-electron chi connectivity index (χ2n) is 8.82. The quantitative estimate of drug-likeness (QED) is 0.358. The zero-order valence-corrected chi connectivity index (χ0v) is 18.2. The van der Waals surface area contributed by atoms with E-state index in [1.54, 1.807) is 12.1 Å². The molecule has 1 unspecified atom stereocenters. The molecule has 2 aliphatic rings. The van der Waals surface area contributed by atoms with Gasteiger partial charge in [-0.3, -0.25) is 19.8 Å². The van der Waals surface area contributed by atoms with Crippen molar-refractivity contribution in [3.05, 3.63) is 69.3 Å². The van der Waals surface area contributed by atoms with Crippen LogP contribution in [0.5, 0.6) is 0 Å². The van der Waals surface area contributed by atoms with E-state index in [-0.39, 0.29) is 5.69 Å². The second kappa shape index (κ2) is 9.60. The van der Waals surface area contributed by atoms with Gasteiger partial charge in [0.2, 0.25) is 0 Å². The molecule has 0 radical (unpaired) electrons. The highest BCUT2D eigenvalue weighted by Gasteiger charge is 2.26. The minimum Gasteiger partial charge on any atom is -0.363 e. The van der Waals surface area contributed by atoms with Gasteiger partial charge in [-0.25, -0.2) is 0 Å². The van der Waals surface area contributed by atoms with E-state index in [0.717, 1.165) is 32.1 Å². The van der Waals surface area contributed by atoms with Crippen molar-refractivity contribution in [3.63, 3.8) is 0 Å². The van der Waals surface area contributed by atoms with Gasteiger partial charge in [-0.15, -0.1) is 0 Å². The summed E-state index contributed by atoms with van der Waals surface area (Å²) in [5.74, 6) is 0.725. The van der Waals surface area contributed by atoms with Gasteiger partial charge in [0.1, 0.15) is 12.0 Å². The van der Waals surface area contributed by atoms with E-state index in [9.17, 15) is 14.9 Å². The number of hydrogen-bond donors (Lipinski definition) is 0. The Bertz CT molecular complexity index is 914. The summed E-state index contributed by atoms with van der Waals surface area (Å²) in [6.07, 6.45) is 7.36. The monoisotopic (exact) mass is 421 g/mol. The van der Waals surface area contributed by atoms with Gasteiger partial charge in [0, 0.05) is 43.9 Å². The first kappa shape index (κ1) is 21.5. The molecule has 31 heavy (non-hydrogen) atoms. The zero-order chi connectivity index (χ0) is 21.8. The fraction of sp³-hybridized carbons (Fsp3) is 0.480. The molecule has 0 N–H and O–H groups in total. The van der Waals surface area contributed by atoms with Crippen LogP contribution in [0.1, 0.15) is 72.5 Å². The molecule has 6 nitrogen and oxygen atoms in total. The Labute approximate surface area is 184 Å². The summed E-state index contributed by atoms with van der Waals surface area (Å²) in [4.78, 5) is 26.6. The van der Waals surface area contributed by atoms with E-state index in [1.165, 1.54) is 49.3 Å². The lowest BCUT2D eigenvalue weighted by Gasteiger charge is -2.39. The largest absolute Gasteiger partial charge is 0.363 e. The highest BCUT2D eigenvalue weighted by atomic mass is 16.6. The average Bonchev–Trinajstić information content (AvgIpc) is 2.84. The summed E-state index contributed by atoms with van der Waals surface area (Å²) < 4.78 is 0. The highest BCUT2D eigenvalue weighted by molar-refractivity contribution is 5.79. The van der Waals surface area contributed by atoms with Crippen molar-refractivity contribution >= 4 is 17.7 Å². The molecule has 4 rings (SSSR count). The van der Waals surface area contributed by atoms with Crippen molar-refractivity contribution in [1.29, 1.82) is 0 Å². The van der Waals surface area contributed by atoms with Crippen LogP contribution < -0.4 is 4.90 Å². The van der Waals surface area contributed by atoms with Gasteiger partial charge in [0.25, 0.3) is 5.69 Å². The maximum absolute atomic E-state index is 11.5. The van der Waals surface area contributed by atoms with Crippen LogP contribution in [-0.4, -0.2) is 42.3 Å². The number of benzene rings is 2. The fourth-order valence-corrected chi connectivity index (χ4v) is 5.07. The molecule has 2 aromatic carbocycles. The molecule has 6 heteroatoms. The third-order valence-electron chi connectivity index (χ3n) is 7.03. The minimum atomic E-state index is -0.398. The lowest BCUT2D eigenvalue weighted by atomic mass is 9.83. The van der Waals surface area contributed by atoms with Gasteiger partial charge >= 0.3 is 0 Å². The highest BCUT2D eigenvalue weighted by Crippen LogP contribution is 2.34. The Hall–Kier alpha value is -2.73. The van der Waals surface area contributed by atoms with Crippen molar-refractivity contribution in [3.8, 4) is 0 Å². The predicted molar refractivity (Wildman–Crippen MR) is 123 cm³/mol. The minimum absolute atomic E-state index is 0.00407. The molecule has 1 aliphatic heterocycles. The average molecular weight is 422 g/mol. The third kappa shape index (κ3) is 4.79. The van der Waals surface area contributed by atoms with Crippen LogP contribution in [0.4, 0.5) is 11.4 Å². The molecular formula is C25H31N3O3. The van der Waals surface area contributed by atoms with Gasteiger partial charge in [0.15, 0.2) is 0 Å². The van der Waals surface area contributed by atoms with Gasteiger partial charge in [0.05, 0.1) is 4.92 Å². The summed E-state index contributed by atoms with van der Waals surface area (Å²) in [6.45, 7) is 5.39. The number of nitro benzene ring substituents is 1. The van der Waals surface area contributed by atoms with Crippen LogP contribution in [0.3, 0.4) is 0 Å². The summed E-state index contributed by atoms with van der Waals surface area (Å²) in [7, 11) is 0. The Balaban J connectivity index is 1.39. The van der Waals surface area contributed by atoms with Crippen LogP contribution >= 0.6 is 0 Å². The molecule has 1 heterocycles. The molecule has 0 amide bonds. The second-order valence-corrected chi connectivity index (χ2v) is 8.82. The number of carbonyl (C=O) groups is 1. The number of piperazine rings is 1. The topological polar surface area (TPSA) is 66.7 Å². The van der Waals surface area contributed by atoms with Gasteiger partial charge in [-0.1, -0.05) is 43.5 Å². The van der Waals surface area contributed by atoms with Crippen LogP contribution in [0.15, 0.2) is 42.5 Å². The van der Waals surface area contributed by atoms with Gasteiger partial charge < -0.3 is 4.90 Å². The SMILES string of the molecule is CC(c1ccc(C2CCCCC2)cc1)N1CCN(c2ccc(C=O)cc2[N+](=O)[O-])CC1. The zero-order valence-electron chi connectivity index (χ0n) is 18.2. The standard InChI is InChI=1S/C25H31N3O3/c1-19(21-8-10-23(11-9-21)22-5-3-2-4-6-22)26-13-15-27(16-14-26)24-12-7-20(18-29)17-25(24)28(30)31/h7-12,17-19,22H,2-6,13-16H2,1H3.